The summed E-state index contributed by atoms with van der Waals surface area (Å²) in [6, 6.07) is 19.3. The highest BCUT2D eigenvalue weighted by atomic mass is 19.3. The minimum absolute atomic E-state index is 0.00834. The highest BCUT2D eigenvalue weighted by molar-refractivity contribution is 5.36. The van der Waals surface area contributed by atoms with E-state index in [9.17, 15) is 24.1 Å². The standard InChI is InChI=1S/C26H29F2NO4/c1-18(29-15-25(32)20-9-12-24(31)21(14-20)16-30)13-19-7-10-23(11-8-19)33-17-26(27,28)22-5-3-2-4-6-22/h2-12,14,18,25,29-32H,13,15-17H2,1H3/t18-,25+/m0/s1. The second-order valence-electron chi connectivity index (χ2n) is 8.08. The first-order valence-corrected chi connectivity index (χ1v) is 10.8. The Morgan fingerprint density at radius 1 is 1.00 bits per heavy atom. The number of aliphatic hydroxyl groups is 2. The zero-order valence-corrected chi connectivity index (χ0v) is 18.4. The van der Waals surface area contributed by atoms with Gasteiger partial charge in [0.1, 0.15) is 11.5 Å². The van der Waals surface area contributed by atoms with E-state index in [4.69, 9.17) is 4.74 Å². The number of alkyl halides is 2. The summed E-state index contributed by atoms with van der Waals surface area (Å²) < 4.78 is 33.8. The molecule has 0 heterocycles. The van der Waals surface area contributed by atoms with Crippen LogP contribution in [0, 0.1) is 0 Å². The van der Waals surface area contributed by atoms with E-state index in [1.807, 2.05) is 19.1 Å². The second-order valence-corrected chi connectivity index (χ2v) is 8.08. The number of phenols is 1. The first-order valence-electron chi connectivity index (χ1n) is 10.8. The largest absolute Gasteiger partial charge is 0.508 e. The van der Waals surface area contributed by atoms with Gasteiger partial charge in [0, 0.05) is 23.7 Å². The van der Waals surface area contributed by atoms with Crippen LogP contribution in [0.15, 0.2) is 72.8 Å². The van der Waals surface area contributed by atoms with E-state index >= 15 is 0 Å². The van der Waals surface area contributed by atoms with Crippen LogP contribution in [-0.2, 0) is 19.0 Å². The molecule has 0 bridgehead atoms. The molecule has 4 N–H and O–H groups in total. The van der Waals surface area contributed by atoms with Crippen molar-refractivity contribution in [2.45, 2.75) is 38.0 Å². The van der Waals surface area contributed by atoms with Gasteiger partial charge in [-0.3, -0.25) is 0 Å². The van der Waals surface area contributed by atoms with Crippen LogP contribution in [0.1, 0.15) is 35.3 Å². The Morgan fingerprint density at radius 3 is 2.36 bits per heavy atom. The summed E-state index contributed by atoms with van der Waals surface area (Å²) in [5.41, 5.74) is 1.89. The quantitative estimate of drug-likeness (QED) is 0.345. The number of hydrogen-bond acceptors (Lipinski definition) is 5. The molecule has 0 fully saturated rings. The van der Waals surface area contributed by atoms with E-state index in [1.54, 1.807) is 42.5 Å². The number of nitrogens with one attached hydrogen (secondary N) is 1. The molecule has 0 amide bonds. The van der Waals surface area contributed by atoms with E-state index in [-0.39, 0.29) is 24.0 Å². The molecule has 33 heavy (non-hydrogen) atoms. The molecule has 3 aromatic rings. The van der Waals surface area contributed by atoms with Crippen molar-refractivity contribution in [1.82, 2.24) is 5.32 Å². The molecule has 0 aliphatic carbocycles. The Morgan fingerprint density at radius 2 is 1.70 bits per heavy atom. The van der Waals surface area contributed by atoms with Crippen LogP contribution in [0.5, 0.6) is 11.5 Å². The lowest BCUT2D eigenvalue weighted by molar-refractivity contribution is -0.0467. The molecule has 3 rings (SSSR count). The van der Waals surface area contributed by atoms with Gasteiger partial charge in [-0.05, 0) is 48.7 Å². The number of ether oxygens (including phenoxy) is 1. The average molecular weight is 458 g/mol. The Labute approximate surface area is 192 Å². The fourth-order valence-corrected chi connectivity index (χ4v) is 3.46. The van der Waals surface area contributed by atoms with E-state index in [0.717, 1.165) is 5.56 Å². The average Bonchev–Trinajstić information content (AvgIpc) is 2.83. The molecule has 3 aromatic carbocycles. The highest BCUT2D eigenvalue weighted by Crippen LogP contribution is 2.29. The maximum Gasteiger partial charge on any atom is 0.306 e. The summed E-state index contributed by atoms with van der Waals surface area (Å²) >= 11 is 0. The molecule has 0 saturated heterocycles. The lowest BCUT2D eigenvalue weighted by atomic mass is 10.0. The molecular formula is C26H29F2NO4. The van der Waals surface area contributed by atoms with Gasteiger partial charge < -0.3 is 25.4 Å². The van der Waals surface area contributed by atoms with Crippen LogP contribution in [0.3, 0.4) is 0 Å². The topological polar surface area (TPSA) is 82.0 Å². The number of aliphatic hydroxyl groups excluding tert-OH is 2. The van der Waals surface area contributed by atoms with Crippen molar-refractivity contribution in [3.8, 4) is 11.5 Å². The maximum atomic E-state index is 14.2. The SMILES string of the molecule is C[C@@H](Cc1ccc(OCC(F)(F)c2ccccc2)cc1)NC[C@@H](O)c1ccc(O)c(CO)c1. The Bertz CT molecular complexity index is 1010. The summed E-state index contributed by atoms with van der Waals surface area (Å²) in [6.07, 6.45) is -0.120. The third kappa shape index (κ3) is 6.99. The summed E-state index contributed by atoms with van der Waals surface area (Å²) in [6.45, 7) is 1.24. The van der Waals surface area contributed by atoms with Crippen molar-refractivity contribution in [1.29, 1.82) is 0 Å². The summed E-state index contributed by atoms with van der Waals surface area (Å²) in [4.78, 5) is 0. The second kappa shape index (κ2) is 11.2. The molecule has 0 aromatic heterocycles. The Kier molecular flexibility index (Phi) is 8.38. The van der Waals surface area contributed by atoms with E-state index in [0.29, 0.717) is 29.8 Å². The maximum absolute atomic E-state index is 14.2. The monoisotopic (exact) mass is 457 g/mol. The fraction of sp³-hybridized carbons (Fsp3) is 0.308. The molecule has 0 aliphatic heterocycles. The minimum Gasteiger partial charge on any atom is -0.508 e. The fourth-order valence-electron chi connectivity index (χ4n) is 3.46. The lowest BCUT2D eigenvalue weighted by Gasteiger charge is -2.19. The van der Waals surface area contributed by atoms with E-state index < -0.39 is 18.6 Å². The minimum atomic E-state index is -3.07. The van der Waals surface area contributed by atoms with E-state index in [1.165, 1.54) is 18.2 Å². The van der Waals surface area contributed by atoms with Gasteiger partial charge in [-0.2, -0.15) is 8.78 Å². The van der Waals surface area contributed by atoms with Gasteiger partial charge in [-0.25, -0.2) is 0 Å². The first kappa shape index (κ1) is 24.6. The van der Waals surface area contributed by atoms with Crippen molar-refractivity contribution in [2.75, 3.05) is 13.2 Å². The molecule has 5 nitrogen and oxygen atoms in total. The van der Waals surface area contributed by atoms with Crippen LogP contribution >= 0.6 is 0 Å². The van der Waals surface area contributed by atoms with Crippen LogP contribution in [0.2, 0.25) is 0 Å². The molecule has 7 heteroatoms. The van der Waals surface area contributed by atoms with Crippen molar-refractivity contribution in [2.24, 2.45) is 0 Å². The van der Waals surface area contributed by atoms with Gasteiger partial charge in [0.05, 0.1) is 12.7 Å². The van der Waals surface area contributed by atoms with Crippen LogP contribution < -0.4 is 10.1 Å². The number of halogens is 2. The van der Waals surface area contributed by atoms with Gasteiger partial charge in [-0.1, -0.05) is 48.5 Å². The highest BCUT2D eigenvalue weighted by Gasteiger charge is 2.32. The smallest absolute Gasteiger partial charge is 0.306 e. The van der Waals surface area contributed by atoms with Gasteiger partial charge in [0.2, 0.25) is 0 Å². The van der Waals surface area contributed by atoms with Gasteiger partial charge in [0.15, 0.2) is 6.61 Å². The molecule has 0 unspecified atom stereocenters. The van der Waals surface area contributed by atoms with E-state index in [2.05, 4.69) is 5.32 Å². The van der Waals surface area contributed by atoms with Crippen molar-refractivity contribution < 1.29 is 28.8 Å². The summed E-state index contributed by atoms with van der Waals surface area (Å²) in [5.74, 6) is -2.71. The number of hydrogen-bond donors (Lipinski definition) is 4. The van der Waals surface area contributed by atoms with Crippen molar-refractivity contribution >= 4 is 0 Å². The van der Waals surface area contributed by atoms with Crippen LogP contribution in [0.4, 0.5) is 8.78 Å². The molecule has 0 saturated carbocycles. The summed E-state index contributed by atoms with van der Waals surface area (Å²) in [5, 5.41) is 32.5. The van der Waals surface area contributed by atoms with Crippen molar-refractivity contribution in [3.05, 3.63) is 95.1 Å². The van der Waals surface area contributed by atoms with Gasteiger partial charge in [-0.15, -0.1) is 0 Å². The predicted octanol–water partition coefficient (Wildman–Crippen LogP) is 4.31. The molecule has 0 radical (unpaired) electrons. The number of aromatic hydroxyl groups is 1. The first-order chi connectivity index (χ1) is 15.8. The lowest BCUT2D eigenvalue weighted by Crippen LogP contribution is -2.32. The molecule has 0 spiro atoms. The molecule has 0 aliphatic rings. The molecule has 176 valence electrons. The number of benzene rings is 3. The van der Waals surface area contributed by atoms with Gasteiger partial charge >= 0.3 is 5.92 Å². The zero-order chi connectivity index (χ0) is 23.8. The van der Waals surface area contributed by atoms with Gasteiger partial charge in [0.25, 0.3) is 0 Å². The third-order valence-electron chi connectivity index (χ3n) is 5.40. The Hall–Kier alpha value is -3.00. The Balaban J connectivity index is 1.47. The predicted molar refractivity (Wildman–Crippen MR) is 122 cm³/mol. The third-order valence-corrected chi connectivity index (χ3v) is 5.40. The normalized spacial score (nSPS) is 13.5. The number of rotatable bonds is 11. The van der Waals surface area contributed by atoms with Crippen LogP contribution in [0.25, 0.3) is 0 Å². The van der Waals surface area contributed by atoms with Crippen LogP contribution in [-0.4, -0.2) is 34.5 Å². The molecular weight excluding hydrogens is 428 g/mol. The molecule has 2 atom stereocenters. The van der Waals surface area contributed by atoms with Crippen molar-refractivity contribution in [3.63, 3.8) is 0 Å². The summed E-state index contributed by atoms with van der Waals surface area (Å²) in [7, 11) is 0. The zero-order valence-electron chi connectivity index (χ0n) is 18.4.